The summed E-state index contributed by atoms with van der Waals surface area (Å²) in [7, 11) is 11.0. The van der Waals surface area contributed by atoms with E-state index < -0.39 is 37.0 Å². The molecule has 0 saturated heterocycles. The molecule has 0 spiro atoms. The van der Waals surface area contributed by atoms with Gasteiger partial charge in [-0.15, -0.1) is 0 Å². The van der Waals surface area contributed by atoms with E-state index in [1.165, 1.54) is 0 Å². The average Bonchev–Trinajstić information content (AvgIpc) is 0.888. The van der Waals surface area contributed by atoms with Crippen LogP contribution in [0.15, 0.2) is 104 Å². The van der Waals surface area contributed by atoms with E-state index in [9.17, 15) is 55.9 Å². The summed E-state index contributed by atoms with van der Waals surface area (Å²) < 4.78 is 127. The molecule has 5 rings (SSSR count). The number of aliphatic hydroxyl groups is 1. The molecule has 5 aromatic rings. The maximum absolute atomic E-state index is 13.7. The van der Waals surface area contributed by atoms with Gasteiger partial charge in [-0.05, 0) is 164 Å². The predicted molar refractivity (Wildman–Crippen MR) is 485 cm³/mol. The number of H-pyrrole nitrogens is 1. The molecule has 2 N–H and O–H groups in total. The normalized spacial score (nSPS) is 11.3. The van der Waals surface area contributed by atoms with Crippen LogP contribution in [-0.2, 0) is 110 Å². The minimum atomic E-state index is -4.65. The lowest BCUT2D eigenvalue weighted by Crippen LogP contribution is -2.48. The first-order chi connectivity index (χ1) is 62.4. The number of rotatable bonds is 69. The number of pyridine rings is 1. The van der Waals surface area contributed by atoms with Crippen molar-refractivity contribution in [2.24, 2.45) is 0 Å². The number of likely N-dealkylation sites (N-methyl/N-ethyl adjacent to an activating group) is 3. The van der Waals surface area contributed by atoms with E-state index in [2.05, 4.69) is 65.1 Å². The van der Waals surface area contributed by atoms with Gasteiger partial charge in [-0.3, -0.25) is 43.3 Å². The number of methoxy groups -OCH3 is 2. The highest BCUT2D eigenvalue weighted by atomic mass is 19.3. The number of unbranched alkanes of at least 4 members (excludes halogenated alkanes) is 4. The molecule has 34 heteroatoms. The van der Waals surface area contributed by atoms with Crippen molar-refractivity contribution in [1.29, 1.82) is 0 Å². The van der Waals surface area contributed by atoms with E-state index in [-0.39, 0.29) is 80.4 Å². The maximum Gasteiger partial charge on any atom is 0.346 e. The van der Waals surface area contributed by atoms with Crippen molar-refractivity contribution in [3.05, 3.63) is 132 Å². The van der Waals surface area contributed by atoms with Crippen molar-refractivity contribution >= 4 is 47.8 Å². The number of halogens is 4. The third-order valence-electron chi connectivity index (χ3n) is 19.9. The van der Waals surface area contributed by atoms with E-state index in [0.717, 1.165) is 136 Å². The summed E-state index contributed by atoms with van der Waals surface area (Å²) in [5.41, 5.74) is 5.15. The highest BCUT2D eigenvalue weighted by molar-refractivity contribution is 5.72. The summed E-state index contributed by atoms with van der Waals surface area (Å²) in [5.74, 6) is -9.51. The van der Waals surface area contributed by atoms with Gasteiger partial charge in [0, 0.05) is 159 Å². The molecule has 0 amide bonds. The monoisotopic (exact) mass is 1840 g/mol. The van der Waals surface area contributed by atoms with Gasteiger partial charge in [0.15, 0.2) is 24.7 Å². The number of aromatic amines is 1. The van der Waals surface area contributed by atoms with E-state index in [4.69, 9.17) is 61.9 Å². The number of aromatic nitrogens is 3. The second-order valence-electron chi connectivity index (χ2n) is 31.6. The molecule has 0 radical (unpaired) electrons. The van der Waals surface area contributed by atoms with Gasteiger partial charge in [-0.2, -0.15) is 17.6 Å². The summed E-state index contributed by atoms with van der Waals surface area (Å²) >= 11 is 0. The Bertz CT molecular complexity index is 3800. The van der Waals surface area contributed by atoms with Gasteiger partial charge in [0.2, 0.25) is 0 Å². The lowest BCUT2D eigenvalue weighted by molar-refractivity contribution is -0.248. The van der Waals surface area contributed by atoms with E-state index in [0.29, 0.717) is 169 Å². The molecular formula is C96H149F4N7O23. The van der Waals surface area contributed by atoms with Crippen molar-refractivity contribution in [3.8, 4) is 23.0 Å². The molecule has 0 aliphatic heterocycles. The number of imidazole rings is 1. The number of carbonyl (C=O) groups is 8. The maximum atomic E-state index is 13.7. The van der Waals surface area contributed by atoms with Crippen molar-refractivity contribution in [3.63, 3.8) is 0 Å². The Morgan fingerprint density at radius 3 is 1.18 bits per heavy atom. The zero-order chi connectivity index (χ0) is 95.9. The van der Waals surface area contributed by atoms with Crippen LogP contribution in [0.3, 0.4) is 0 Å². The SMILES string of the molecule is CCCC(=O)OCC(F)(F)C(F)(F)COC(=O)CCN(C)CCc1ccccn1.CCCC(=O)OCCCCOC(=O)CCN(C)CCCCCCO.CCCC(=O)OCCCOCCCOCCCOC(=O)CCN(C)CCc1ccc(OC)c(OC)c1.CCCC(=O)OCCOc1ccc(C(C)(C)c2ccc(OCCOC(=O)CCN(C)CCc3cnc[nH]3)cc2)cc1. The number of nitrogens with zero attached hydrogens (tertiary/aromatic N) is 6. The molecule has 0 saturated carbocycles. The van der Waals surface area contributed by atoms with Crippen LogP contribution in [0.25, 0.3) is 0 Å². The predicted octanol–water partition coefficient (Wildman–Crippen LogP) is 14.2. The number of ether oxygens (including phenoxy) is 14. The minimum absolute atomic E-state index is 0.147. The lowest BCUT2D eigenvalue weighted by atomic mass is 9.78. The Morgan fingerprint density at radius 1 is 0.392 bits per heavy atom. The topological polar surface area (TPSA) is 341 Å². The molecule has 734 valence electrons. The Balaban J connectivity index is 0.000000598. The lowest BCUT2D eigenvalue weighted by Gasteiger charge is -2.26. The molecule has 3 aromatic carbocycles. The first-order valence-electron chi connectivity index (χ1n) is 45.5. The summed E-state index contributed by atoms with van der Waals surface area (Å²) in [6, 6.07) is 27.3. The van der Waals surface area contributed by atoms with Crippen LogP contribution < -0.4 is 18.9 Å². The summed E-state index contributed by atoms with van der Waals surface area (Å²) in [4.78, 5) is 112. The van der Waals surface area contributed by atoms with Crippen LogP contribution in [0.1, 0.15) is 204 Å². The fraction of sp³-hybridized carbons (Fsp3) is 0.646. The van der Waals surface area contributed by atoms with Crippen molar-refractivity contribution in [2.75, 3.05) is 194 Å². The zero-order valence-electron chi connectivity index (χ0n) is 79.2. The van der Waals surface area contributed by atoms with E-state index in [1.54, 1.807) is 51.7 Å². The Labute approximate surface area is 767 Å². The number of benzene rings is 3. The van der Waals surface area contributed by atoms with Crippen LogP contribution in [0, 0.1) is 0 Å². The third-order valence-corrected chi connectivity index (χ3v) is 19.9. The van der Waals surface area contributed by atoms with Crippen LogP contribution in [-0.4, -0.2) is 293 Å². The molecular weight excluding hydrogens is 1700 g/mol. The van der Waals surface area contributed by atoms with E-state index >= 15 is 0 Å². The Hall–Kier alpha value is -9.58. The molecule has 2 aromatic heterocycles. The van der Waals surface area contributed by atoms with Gasteiger partial charge in [-0.25, -0.2) is 4.98 Å². The van der Waals surface area contributed by atoms with Gasteiger partial charge >= 0.3 is 59.6 Å². The Kier molecular flexibility index (Phi) is 64.6. The first kappa shape index (κ1) is 116. The summed E-state index contributed by atoms with van der Waals surface area (Å²) in [5, 5.41) is 8.70. The third kappa shape index (κ3) is 57.6. The molecule has 0 atom stereocenters. The molecule has 0 aliphatic carbocycles. The molecule has 0 unspecified atom stereocenters. The second kappa shape index (κ2) is 72.1. The largest absolute Gasteiger partial charge is 0.493 e. The molecule has 0 fully saturated rings. The number of hydrogen-bond donors (Lipinski definition) is 2. The summed E-state index contributed by atoms with van der Waals surface area (Å²) in [6.07, 6.45) is 20.0. The number of hydrogen-bond acceptors (Lipinski definition) is 29. The van der Waals surface area contributed by atoms with Crippen LogP contribution in [0.2, 0.25) is 0 Å². The van der Waals surface area contributed by atoms with Crippen LogP contribution >= 0.6 is 0 Å². The van der Waals surface area contributed by atoms with E-state index in [1.807, 2.05) is 115 Å². The molecule has 0 aliphatic rings. The van der Waals surface area contributed by atoms with Gasteiger partial charge in [-0.1, -0.05) is 90.8 Å². The van der Waals surface area contributed by atoms with Crippen LogP contribution in [0.5, 0.6) is 23.0 Å². The zero-order valence-corrected chi connectivity index (χ0v) is 79.2. The van der Waals surface area contributed by atoms with Gasteiger partial charge in [0.25, 0.3) is 0 Å². The fourth-order valence-corrected chi connectivity index (χ4v) is 11.8. The number of nitrogens with one attached hydrogen (secondary N) is 1. The highest BCUT2D eigenvalue weighted by Gasteiger charge is 2.58. The van der Waals surface area contributed by atoms with Crippen molar-refractivity contribution in [2.45, 2.75) is 213 Å². The number of aliphatic hydroxyl groups excluding tert-OH is 1. The number of carbonyl (C=O) groups excluding carboxylic acids is 8. The number of esters is 8. The summed E-state index contributed by atoms with van der Waals surface area (Å²) in [6.45, 7) is 18.8. The smallest absolute Gasteiger partial charge is 0.346 e. The molecule has 130 heavy (non-hydrogen) atoms. The molecule has 2 heterocycles. The van der Waals surface area contributed by atoms with Crippen molar-refractivity contribution in [1.82, 2.24) is 34.6 Å². The number of alkyl halides is 4. The van der Waals surface area contributed by atoms with Gasteiger partial charge in [0.05, 0.1) is 72.7 Å². The molecule has 30 nitrogen and oxygen atoms in total. The van der Waals surface area contributed by atoms with Gasteiger partial charge < -0.3 is 96.0 Å². The fourth-order valence-electron chi connectivity index (χ4n) is 11.8. The quantitative estimate of drug-likeness (QED) is 0.0158. The van der Waals surface area contributed by atoms with Crippen molar-refractivity contribution < 1.29 is 127 Å². The van der Waals surface area contributed by atoms with Crippen LogP contribution in [0.4, 0.5) is 17.6 Å². The molecule has 0 bridgehead atoms. The van der Waals surface area contributed by atoms with Gasteiger partial charge in [0.1, 0.15) is 37.9 Å². The first-order valence-corrected chi connectivity index (χ1v) is 45.5. The minimum Gasteiger partial charge on any atom is -0.493 e. The average molecular weight is 1850 g/mol. The second-order valence-corrected chi connectivity index (χ2v) is 31.6. The Morgan fingerprint density at radius 2 is 0.777 bits per heavy atom. The highest BCUT2D eigenvalue weighted by Crippen LogP contribution is 2.36. The standard InChI is InChI=1S/C32H43N3O6.C27H45NO8.C19H26F4N2O4.C18H35NO5/c1-5-6-30(36)40-21-19-38-28-11-7-25(8-12-28)32(2,3)26-9-13-29(14-10-26)39-20-22-41-31(37)16-18-35(4)17-15-27-23-33-24-34-27;1-5-9-26(29)35-20-7-18-33-16-6-17-34-19-8-21-36-27(30)13-15-28(2)14-12-23-10-11-24(31-3)25(22-23)32-4;1-3-6-16(26)28-13-18(20,21)19(22,23)14-29-17(27)9-12-25(2)11-8-15-7-4-5-10-24-15;1-3-10-17(21)23-15-8-9-16-24-18(22)11-13-19(2)12-6-4-5-7-14-20/h7-14,23-24H,5-6,15-22H2,1-4H3,(H,33,34);10-11,22H,5-9,12-21H2,1-4H3;4-5,7,10H,3,6,8-9,11-14H2,1-2H3;20H,3-16H2,1-2H3.